The molecule has 0 atom stereocenters. The monoisotopic (exact) mass is 298 g/mol. The number of halogens is 1. The molecule has 0 aliphatic heterocycles. The first-order valence-electron chi connectivity index (χ1n) is 5.80. The normalized spacial score (nSPS) is 14.9. The Morgan fingerprint density at radius 1 is 1.47 bits per heavy atom. The van der Waals surface area contributed by atoms with E-state index in [2.05, 4.69) is 21.2 Å². The van der Waals surface area contributed by atoms with Gasteiger partial charge in [0.05, 0.1) is 4.92 Å². The Balaban J connectivity index is 1.92. The molecule has 2 rings (SSSR count). The molecule has 0 aromatic heterocycles. The Hall–Kier alpha value is -0.940. The summed E-state index contributed by atoms with van der Waals surface area (Å²) in [6.07, 6.45) is 3.87. The third-order valence-electron chi connectivity index (χ3n) is 2.98. The van der Waals surface area contributed by atoms with Crippen LogP contribution in [0.15, 0.2) is 22.7 Å². The topological polar surface area (TPSA) is 55.2 Å². The van der Waals surface area contributed by atoms with Crippen LogP contribution >= 0.6 is 15.9 Å². The van der Waals surface area contributed by atoms with Crippen molar-refractivity contribution < 1.29 is 4.92 Å². The van der Waals surface area contributed by atoms with Crippen LogP contribution < -0.4 is 5.32 Å². The van der Waals surface area contributed by atoms with E-state index in [1.54, 1.807) is 12.1 Å². The number of hydrogen-bond donors (Lipinski definition) is 1. The molecule has 1 aliphatic rings. The average molecular weight is 299 g/mol. The molecule has 92 valence electrons. The second-order valence-corrected chi connectivity index (χ2v) is 5.35. The van der Waals surface area contributed by atoms with Crippen molar-refractivity contribution in [3.05, 3.63) is 38.3 Å². The van der Waals surface area contributed by atoms with Crippen molar-refractivity contribution in [1.29, 1.82) is 0 Å². The molecular weight excluding hydrogens is 284 g/mol. The Morgan fingerprint density at radius 2 is 2.24 bits per heavy atom. The van der Waals surface area contributed by atoms with Gasteiger partial charge in [0.2, 0.25) is 0 Å². The van der Waals surface area contributed by atoms with Crippen molar-refractivity contribution in [2.75, 3.05) is 6.54 Å². The maximum Gasteiger partial charge on any atom is 0.273 e. The van der Waals surface area contributed by atoms with Crippen LogP contribution in [-0.4, -0.2) is 11.5 Å². The molecule has 1 saturated carbocycles. The van der Waals surface area contributed by atoms with Gasteiger partial charge in [0, 0.05) is 22.6 Å². The van der Waals surface area contributed by atoms with Gasteiger partial charge >= 0.3 is 0 Å². The maximum atomic E-state index is 10.8. The molecule has 0 amide bonds. The quantitative estimate of drug-likeness (QED) is 0.498. The van der Waals surface area contributed by atoms with Crippen molar-refractivity contribution in [1.82, 2.24) is 5.32 Å². The zero-order chi connectivity index (χ0) is 12.3. The predicted molar refractivity (Wildman–Crippen MR) is 69.8 cm³/mol. The highest BCUT2D eigenvalue weighted by atomic mass is 79.9. The standard InChI is InChI=1S/C12H15BrN2O2/c13-11-3-4-12(15(16)17)10(7-11)8-14-6-5-9-1-2-9/h3-4,7,9,14H,1-2,5-6,8H2. The first-order valence-corrected chi connectivity index (χ1v) is 6.59. The Labute approximate surface area is 109 Å². The molecule has 4 nitrogen and oxygen atoms in total. The van der Waals surface area contributed by atoms with Crippen LogP contribution in [0.4, 0.5) is 5.69 Å². The van der Waals surface area contributed by atoms with Gasteiger partial charge in [0.25, 0.3) is 5.69 Å². The minimum Gasteiger partial charge on any atom is -0.312 e. The molecule has 1 aromatic rings. The minimum absolute atomic E-state index is 0.187. The largest absolute Gasteiger partial charge is 0.312 e. The number of rotatable bonds is 6. The van der Waals surface area contributed by atoms with E-state index >= 15 is 0 Å². The van der Waals surface area contributed by atoms with E-state index in [1.807, 2.05) is 6.07 Å². The Kier molecular flexibility index (Phi) is 4.12. The fraction of sp³-hybridized carbons (Fsp3) is 0.500. The first-order chi connectivity index (χ1) is 8.16. The summed E-state index contributed by atoms with van der Waals surface area (Å²) in [5.74, 6) is 0.889. The van der Waals surface area contributed by atoms with Gasteiger partial charge in [-0.3, -0.25) is 10.1 Å². The van der Waals surface area contributed by atoms with Crippen LogP contribution in [0.5, 0.6) is 0 Å². The van der Waals surface area contributed by atoms with Crippen LogP contribution in [0.1, 0.15) is 24.8 Å². The molecule has 0 heterocycles. The van der Waals surface area contributed by atoms with Crippen molar-refractivity contribution in [3.63, 3.8) is 0 Å². The Bertz CT molecular complexity index is 419. The van der Waals surface area contributed by atoms with Crippen LogP contribution in [-0.2, 0) is 6.54 Å². The summed E-state index contributed by atoms with van der Waals surface area (Å²) < 4.78 is 0.877. The van der Waals surface area contributed by atoms with E-state index in [-0.39, 0.29) is 10.6 Å². The number of benzene rings is 1. The zero-order valence-corrected chi connectivity index (χ0v) is 11.1. The molecule has 17 heavy (non-hydrogen) atoms. The van der Waals surface area contributed by atoms with Crippen molar-refractivity contribution >= 4 is 21.6 Å². The average Bonchev–Trinajstić information content (AvgIpc) is 3.08. The number of nitro groups is 1. The minimum atomic E-state index is -0.329. The third-order valence-corrected chi connectivity index (χ3v) is 3.47. The van der Waals surface area contributed by atoms with Gasteiger partial charge in [-0.15, -0.1) is 0 Å². The number of hydrogen-bond acceptors (Lipinski definition) is 3. The van der Waals surface area contributed by atoms with Gasteiger partial charge in [-0.25, -0.2) is 0 Å². The van der Waals surface area contributed by atoms with Crippen LogP contribution in [0.3, 0.4) is 0 Å². The lowest BCUT2D eigenvalue weighted by Crippen LogP contribution is -2.16. The summed E-state index contributed by atoms with van der Waals surface area (Å²) in [7, 11) is 0. The molecule has 0 radical (unpaired) electrons. The zero-order valence-electron chi connectivity index (χ0n) is 9.49. The summed E-state index contributed by atoms with van der Waals surface area (Å²) >= 11 is 3.34. The fourth-order valence-corrected chi connectivity index (χ4v) is 2.22. The van der Waals surface area contributed by atoms with Crippen LogP contribution in [0, 0.1) is 16.0 Å². The van der Waals surface area contributed by atoms with E-state index in [9.17, 15) is 10.1 Å². The second-order valence-electron chi connectivity index (χ2n) is 4.44. The second kappa shape index (κ2) is 5.60. The predicted octanol–water partition coefficient (Wildman–Crippen LogP) is 3.25. The lowest BCUT2D eigenvalue weighted by atomic mass is 10.2. The van der Waals surface area contributed by atoms with E-state index in [0.29, 0.717) is 6.54 Å². The number of nitrogens with one attached hydrogen (secondary N) is 1. The molecule has 0 spiro atoms. The van der Waals surface area contributed by atoms with E-state index in [4.69, 9.17) is 0 Å². The van der Waals surface area contributed by atoms with Gasteiger partial charge in [-0.1, -0.05) is 28.8 Å². The highest BCUT2D eigenvalue weighted by Crippen LogP contribution is 2.31. The van der Waals surface area contributed by atoms with E-state index in [0.717, 1.165) is 22.5 Å². The highest BCUT2D eigenvalue weighted by molar-refractivity contribution is 9.10. The summed E-state index contributed by atoms with van der Waals surface area (Å²) in [6, 6.07) is 5.05. The maximum absolute atomic E-state index is 10.8. The molecule has 1 N–H and O–H groups in total. The van der Waals surface area contributed by atoms with Crippen molar-refractivity contribution in [2.45, 2.75) is 25.8 Å². The summed E-state index contributed by atoms with van der Waals surface area (Å²) in [5.41, 5.74) is 0.923. The third kappa shape index (κ3) is 3.78. The molecule has 0 unspecified atom stereocenters. The van der Waals surface area contributed by atoms with Gasteiger partial charge in [-0.05, 0) is 31.0 Å². The summed E-state index contributed by atoms with van der Waals surface area (Å²) in [6.45, 7) is 1.50. The summed E-state index contributed by atoms with van der Waals surface area (Å²) in [4.78, 5) is 10.5. The molecule has 0 bridgehead atoms. The van der Waals surface area contributed by atoms with Gasteiger partial charge in [-0.2, -0.15) is 0 Å². The molecule has 1 aromatic carbocycles. The first kappa shape index (κ1) is 12.5. The SMILES string of the molecule is O=[N+]([O-])c1ccc(Br)cc1CNCCC1CC1. The lowest BCUT2D eigenvalue weighted by molar-refractivity contribution is -0.385. The smallest absolute Gasteiger partial charge is 0.273 e. The van der Waals surface area contributed by atoms with E-state index < -0.39 is 0 Å². The molecule has 1 fully saturated rings. The van der Waals surface area contributed by atoms with Crippen LogP contribution in [0.25, 0.3) is 0 Å². The highest BCUT2D eigenvalue weighted by Gasteiger charge is 2.20. The Morgan fingerprint density at radius 3 is 2.88 bits per heavy atom. The van der Waals surface area contributed by atoms with Gasteiger partial charge in [0.15, 0.2) is 0 Å². The molecule has 1 aliphatic carbocycles. The van der Waals surface area contributed by atoms with Gasteiger partial charge < -0.3 is 5.32 Å². The van der Waals surface area contributed by atoms with Crippen molar-refractivity contribution in [2.24, 2.45) is 5.92 Å². The summed E-state index contributed by atoms with van der Waals surface area (Å²) in [5, 5.41) is 14.1. The van der Waals surface area contributed by atoms with Crippen LogP contribution in [0.2, 0.25) is 0 Å². The van der Waals surface area contributed by atoms with E-state index in [1.165, 1.54) is 19.3 Å². The molecule has 5 heteroatoms. The lowest BCUT2D eigenvalue weighted by Gasteiger charge is -2.05. The molecular formula is C12H15BrN2O2. The van der Waals surface area contributed by atoms with Crippen molar-refractivity contribution in [3.8, 4) is 0 Å². The number of nitro benzene ring substituents is 1. The fourth-order valence-electron chi connectivity index (χ4n) is 1.81. The molecule has 0 saturated heterocycles. The number of nitrogens with zero attached hydrogens (tertiary/aromatic N) is 1. The van der Waals surface area contributed by atoms with Gasteiger partial charge in [0.1, 0.15) is 0 Å².